The van der Waals surface area contributed by atoms with Crippen LogP contribution in [0.25, 0.3) is 0 Å². The summed E-state index contributed by atoms with van der Waals surface area (Å²) in [5.74, 6) is 0. The number of nitrogens with zero attached hydrogens (tertiary/aromatic N) is 1. The molecule has 2 N–H and O–H groups in total. The summed E-state index contributed by atoms with van der Waals surface area (Å²) in [4.78, 5) is 0.223. The standard InChI is InChI=1S/C8H14BrN3O2S/c1-7-8(6-10-12-7)15(13,14)11-5-3-2-4-9/h6,11H,2-5H2,1H3,(H,10,12). The molecule has 0 amide bonds. The lowest BCUT2D eigenvalue weighted by atomic mass is 10.3. The lowest BCUT2D eigenvalue weighted by molar-refractivity contribution is 0.578. The van der Waals surface area contributed by atoms with E-state index in [2.05, 4.69) is 30.8 Å². The molecule has 15 heavy (non-hydrogen) atoms. The Bertz CT molecular complexity index is 402. The van der Waals surface area contributed by atoms with E-state index >= 15 is 0 Å². The molecule has 0 aliphatic carbocycles. The van der Waals surface area contributed by atoms with E-state index in [-0.39, 0.29) is 4.90 Å². The molecule has 0 unspecified atom stereocenters. The summed E-state index contributed by atoms with van der Waals surface area (Å²) in [6.07, 6.45) is 3.09. The van der Waals surface area contributed by atoms with Gasteiger partial charge in [-0.15, -0.1) is 0 Å². The third-order valence-corrected chi connectivity index (χ3v) is 4.06. The third kappa shape index (κ3) is 3.58. The van der Waals surface area contributed by atoms with E-state index in [0.29, 0.717) is 12.2 Å². The number of rotatable bonds is 6. The largest absolute Gasteiger partial charge is 0.281 e. The normalized spacial score (nSPS) is 11.9. The van der Waals surface area contributed by atoms with Gasteiger partial charge in [0.25, 0.3) is 0 Å². The van der Waals surface area contributed by atoms with Crippen molar-refractivity contribution in [2.24, 2.45) is 0 Å². The van der Waals surface area contributed by atoms with Crippen LogP contribution in [0.4, 0.5) is 0 Å². The topological polar surface area (TPSA) is 74.8 Å². The highest BCUT2D eigenvalue weighted by Crippen LogP contribution is 2.10. The summed E-state index contributed by atoms with van der Waals surface area (Å²) in [7, 11) is -3.39. The number of sulfonamides is 1. The maximum Gasteiger partial charge on any atom is 0.243 e. The fraction of sp³-hybridized carbons (Fsp3) is 0.625. The van der Waals surface area contributed by atoms with Crippen LogP contribution in [0.15, 0.2) is 11.1 Å². The van der Waals surface area contributed by atoms with Crippen LogP contribution in [0.2, 0.25) is 0 Å². The molecule has 0 fully saturated rings. The van der Waals surface area contributed by atoms with E-state index in [4.69, 9.17) is 0 Å². The van der Waals surface area contributed by atoms with Crippen LogP contribution in [0, 0.1) is 6.92 Å². The van der Waals surface area contributed by atoms with E-state index in [1.54, 1.807) is 6.92 Å². The van der Waals surface area contributed by atoms with Crippen molar-refractivity contribution < 1.29 is 8.42 Å². The summed E-state index contributed by atoms with van der Waals surface area (Å²) in [5.41, 5.74) is 0.558. The molecule has 0 aromatic carbocycles. The van der Waals surface area contributed by atoms with Gasteiger partial charge in [-0.05, 0) is 19.8 Å². The molecule has 0 spiro atoms. The first kappa shape index (κ1) is 12.7. The molecular weight excluding hydrogens is 282 g/mol. The maximum absolute atomic E-state index is 11.7. The van der Waals surface area contributed by atoms with Crippen LogP contribution in [-0.2, 0) is 10.0 Å². The van der Waals surface area contributed by atoms with Crippen molar-refractivity contribution in [2.75, 3.05) is 11.9 Å². The van der Waals surface area contributed by atoms with Gasteiger partial charge in [-0.2, -0.15) is 5.10 Å². The monoisotopic (exact) mass is 295 g/mol. The number of unbranched alkanes of at least 4 members (excludes halogenated alkanes) is 1. The van der Waals surface area contributed by atoms with E-state index < -0.39 is 10.0 Å². The second-order valence-electron chi connectivity index (χ2n) is 3.15. The number of aromatic nitrogens is 2. The summed E-state index contributed by atoms with van der Waals surface area (Å²) in [6, 6.07) is 0. The van der Waals surface area contributed by atoms with Crippen molar-refractivity contribution in [3.8, 4) is 0 Å². The van der Waals surface area contributed by atoms with Crippen LogP contribution in [0.5, 0.6) is 0 Å². The van der Waals surface area contributed by atoms with E-state index in [1.165, 1.54) is 6.20 Å². The fourth-order valence-electron chi connectivity index (χ4n) is 1.11. The number of hydrogen-bond donors (Lipinski definition) is 2. The fourth-order valence-corrected chi connectivity index (χ4v) is 2.72. The average Bonchev–Trinajstić information content (AvgIpc) is 2.60. The summed E-state index contributed by atoms with van der Waals surface area (Å²) >= 11 is 3.29. The zero-order valence-electron chi connectivity index (χ0n) is 8.46. The molecule has 5 nitrogen and oxygen atoms in total. The Morgan fingerprint density at radius 1 is 1.53 bits per heavy atom. The number of hydrogen-bond acceptors (Lipinski definition) is 3. The maximum atomic E-state index is 11.7. The van der Waals surface area contributed by atoms with Crippen LogP contribution < -0.4 is 4.72 Å². The van der Waals surface area contributed by atoms with Gasteiger partial charge in [-0.25, -0.2) is 13.1 Å². The molecule has 1 rings (SSSR count). The van der Waals surface area contributed by atoms with Crippen molar-refractivity contribution in [2.45, 2.75) is 24.7 Å². The summed E-state index contributed by atoms with van der Waals surface area (Å²) in [5, 5.41) is 7.17. The summed E-state index contributed by atoms with van der Waals surface area (Å²) < 4.78 is 25.9. The smallest absolute Gasteiger partial charge is 0.243 e. The zero-order chi connectivity index (χ0) is 11.3. The van der Waals surface area contributed by atoms with Gasteiger partial charge < -0.3 is 0 Å². The van der Waals surface area contributed by atoms with Crippen molar-refractivity contribution in [1.82, 2.24) is 14.9 Å². The molecular formula is C8H14BrN3O2S. The molecule has 0 atom stereocenters. The van der Waals surface area contributed by atoms with Crippen molar-refractivity contribution in [3.05, 3.63) is 11.9 Å². The highest BCUT2D eigenvalue weighted by molar-refractivity contribution is 9.09. The molecule has 0 radical (unpaired) electrons. The molecule has 0 saturated carbocycles. The predicted octanol–water partition coefficient (Wildman–Crippen LogP) is 1.17. The van der Waals surface area contributed by atoms with Crippen LogP contribution in [0.1, 0.15) is 18.5 Å². The number of halogens is 1. The highest BCUT2D eigenvalue weighted by Gasteiger charge is 2.17. The Balaban J connectivity index is 2.57. The Labute approximate surface area is 97.8 Å². The number of aryl methyl sites for hydroxylation is 1. The number of H-pyrrole nitrogens is 1. The minimum Gasteiger partial charge on any atom is -0.281 e. The molecule has 0 saturated heterocycles. The van der Waals surface area contributed by atoms with E-state index in [0.717, 1.165) is 18.2 Å². The van der Waals surface area contributed by atoms with Gasteiger partial charge in [-0.3, -0.25) is 5.10 Å². The first-order valence-corrected chi connectivity index (χ1v) is 7.24. The Kier molecular flexibility index (Phi) is 4.75. The SMILES string of the molecule is Cc1[nH]ncc1S(=O)(=O)NCCCCBr. The second-order valence-corrected chi connectivity index (χ2v) is 5.68. The minimum atomic E-state index is -3.39. The first-order chi connectivity index (χ1) is 7.08. The van der Waals surface area contributed by atoms with Crippen LogP contribution in [0.3, 0.4) is 0 Å². The van der Waals surface area contributed by atoms with Gasteiger partial charge in [-0.1, -0.05) is 15.9 Å². The van der Waals surface area contributed by atoms with Crippen LogP contribution in [-0.4, -0.2) is 30.5 Å². The molecule has 1 heterocycles. The quantitative estimate of drug-likeness (QED) is 0.611. The first-order valence-electron chi connectivity index (χ1n) is 4.63. The second kappa shape index (κ2) is 5.62. The summed E-state index contributed by atoms with van der Waals surface area (Å²) in [6.45, 7) is 2.14. The Hall–Kier alpha value is -0.400. The minimum absolute atomic E-state index is 0.223. The van der Waals surface area contributed by atoms with Crippen molar-refractivity contribution >= 4 is 26.0 Å². The van der Waals surface area contributed by atoms with Gasteiger partial charge in [0.05, 0.1) is 11.9 Å². The average molecular weight is 296 g/mol. The highest BCUT2D eigenvalue weighted by atomic mass is 79.9. The molecule has 0 aliphatic rings. The molecule has 0 aliphatic heterocycles. The molecule has 0 bridgehead atoms. The number of alkyl halides is 1. The van der Waals surface area contributed by atoms with Gasteiger partial charge in [0, 0.05) is 11.9 Å². The molecule has 7 heteroatoms. The molecule has 86 valence electrons. The number of aromatic amines is 1. The van der Waals surface area contributed by atoms with Gasteiger partial charge in [0.2, 0.25) is 10.0 Å². The van der Waals surface area contributed by atoms with Crippen molar-refractivity contribution in [3.63, 3.8) is 0 Å². The van der Waals surface area contributed by atoms with Crippen LogP contribution >= 0.6 is 15.9 Å². The Morgan fingerprint density at radius 3 is 2.80 bits per heavy atom. The van der Waals surface area contributed by atoms with Crippen molar-refractivity contribution in [1.29, 1.82) is 0 Å². The predicted molar refractivity (Wildman–Crippen MR) is 61.5 cm³/mol. The third-order valence-electron chi connectivity index (χ3n) is 1.93. The van der Waals surface area contributed by atoms with Gasteiger partial charge in [0.15, 0.2) is 0 Å². The van der Waals surface area contributed by atoms with Gasteiger partial charge >= 0.3 is 0 Å². The lowest BCUT2D eigenvalue weighted by Crippen LogP contribution is -2.25. The Morgan fingerprint density at radius 2 is 2.27 bits per heavy atom. The van der Waals surface area contributed by atoms with E-state index in [9.17, 15) is 8.42 Å². The van der Waals surface area contributed by atoms with E-state index in [1.807, 2.05) is 0 Å². The van der Waals surface area contributed by atoms with Gasteiger partial charge in [0.1, 0.15) is 4.90 Å². The zero-order valence-corrected chi connectivity index (χ0v) is 10.9. The lowest BCUT2D eigenvalue weighted by Gasteiger charge is -2.04. The molecule has 1 aromatic rings. The number of nitrogens with one attached hydrogen (secondary N) is 2. The molecule has 1 aromatic heterocycles.